The Morgan fingerprint density at radius 2 is 2.44 bits per heavy atom. The third-order valence-corrected chi connectivity index (χ3v) is 4.29. The van der Waals surface area contributed by atoms with Gasteiger partial charge in [-0.05, 0) is 31.7 Å². The minimum absolute atomic E-state index is 0.336. The number of aromatic nitrogens is 2. The van der Waals surface area contributed by atoms with Crippen molar-refractivity contribution in [3.8, 4) is 0 Å². The molecule has 4 heteroatoms. The van der Waals surface area contributed by atoms with Crippen LogP contribution in [0.25, 0.3) is 0 Å². The summed E-state index contributed by atoms with van der Waals surface area (Å²) >= 11 is 0. The van der Waals surface area contributed by atoms with Gasteiger partial charge < -0.3 is 15.0 Å². The Morgan fingerprint density at radius 1 is 1.56 bits per heavy atom. The van der Waals surface area contributed by atoms with Crippen molar-refractivity contribution in [2.75, 3.05) is 13.1 Å². The lowest BCUT2D eigenvalue weighted by atomic mass is 9.70. The monoisotopic (exact) mass is 221 g/mol. The van der Waals surface area contributed by atoms with Crippen LogP contribution < -0.4 is 5.32 Å². The molecule has 1 saturated carbocycles. The van der Waals surface area contributed by atoms with Crippen LogP contribution in [0.3, 0.4) is 0 Å². The number of rotatable bonds is 1. The molecule has 0 unspecified atom stereocenters. The van der Waals surface area contributed by atoms with Crippen LogP contribution in [0.2, 0.25) is 0 Å². The highest BCUT2D eigenvalue weighted by Gasteiger charge is 2.49. The molecule has 16 heavy (non-hydrogen) atoms. The molecule has 1 aliphatic heterocycles. The van der Waals surface area contributed by atoms with Crippen LogP contribution in [0.15, 0.2) is 12.4 Å². The van der Waals surface area contributed by atoms with Crippen LogP contribution in [-0.4, -0.2) is 27.7 Å². The summed E-state index contributed by atoms with van der Waals surface area (Å²) in [6, 6.07) is 0. The van der Waals surface area contributed by atoms with Gasteiger partial charge in [0.15, 0.2) is 0 Å². The van der Waals surface area contributed by atoms with E-state index in [1.807, 2.05) is 17.8 Å². The second kappa shape index (κ2) is 3.57. The van der Waals surface area contributed by atoms with E-state index in [4.69, 9.17) is 0 Å². The number of imidazole rings is 1. The van der Waals surface area contributed by atoms with Gasteiger partial charge in [0.1, 0.15) is 11.4 Å². The molecule has 2 fully saturated rings. The van der Waals surface area contributed by atoms with Gasteiger partial charge in [-0.2, -0.15) is 0 Å². The number of hydrogen-bond acceptors (Lipinski definition) is 3. The Bertz CT molecular complexity index is 389. The predicted molar refractivity (Wildman–Crippen MR) is 60.8 cm³/mol. The van der Waals surface area contributed by atoms with Gasteiger partial charge in [-0.15, -0.1) is 0 Å². The largest absolute Gasteiger partial charge is 0.382 e. The first-order valence-electron chi connectivity index (χ1n) is 6.13. The first kappa shape index (κ1) is 10.3. The molecular formula is C12H19N3O. The summed E-state index contributed by atoms with van der Waals surface area (Å²) in [5.74, 6) is 1.80. The van der Waals surface area contributed by atoms with E-state index in [1.54, 1.807) is 6.20 Å². The van der Waals surface area contributed by atoms with Crippen LogP contribution >= 0.6 is 0 Å². The second-order valence-electron chi connectivity index (χ2n) is 5.20. The van der Waals surface area contributed by atoms with Crippen molar-refractivity contribution in [1.82, 2.24) is 14.9 Å². The molecule has 3 rings (SSSR count). The topological polar surface area (TPSA) is 50.1 Å². The molecule has 0 amide bonds. The van der Waals surface area contributed by atoms with Gasteiger partial charge in [-0.25, -0.2) is 4.98 Å². The fourth-order valence-corrected chi connectivity index (χ4v) is 3.47. The highest BCUT2D eigenvalue weighted by Crippen LogP contribution is 2.45. The average Bonchev–Trinajstić information content (AvgIpc) is 2.86. The van der Waals surface area contributed by atoms with Gasteiger partial charge >= 0.3 is 0 Å². The van der Waals surface area contributed by atoms with Crippen LogP contribution in [-0.2, 0) is 12.6 Å². The number of nitrogens with zero attached hydrogens (tertiary/aromatic N) is 2. The maximum Gasteiger partial charge on any atom is 0.140 e. The normalized spacial score (nSPS) is 38.6. The molecule has 2 N–H and O–H groups in total. The lowest BCUT2D eigenvalue weighted by molar-refractivity contribution is -0.0722. The number of aliphatic hydroxyl groups is 1. The average molecular weight is 221 g/mol. The molecule has 1 saturated heterocycles. The van der Waals surface area contributed by atoms with Crippen molar-refractivity contribution in [1.29, 1.82) is 0 Å². The molecule has 2 heterocycles. The van der Waals surface area contributed by atoms with Crippen LogP contribution in [0.4, 0.5) is 0 Å². The minimum Gasteiger partial charge on any atom is -0.382 e. The molecule has 0 radical (unpaired) electrons. The first-order valence-corrected chi connectivity index (χ1v) is 6.13. The van der Waals surface area contributed by atoms with E-state index in [2.05, 4.69) is 10.3 Å². The summed E-state index contributed by atoms with van der Waals surface area (Å²) in [6.07, 6.45) is 6.88. The Balaban J connectivity index is 1.99. The molecule has 3 atom stereocenters. The van der Waals surface area contributed by atoms with Crippen molar-refractivity contribution in [2.24, 2.45) is 18.9 Å². The van der Waals surface area contributed by atoms with E-state index in [0.29, 0.717) is 11.8 Å². The molecular weight excluding hydrogens is 202 g/mol. The predicted octanol–water partition coefficient (Wildman–Crippen LogP) is 0.627. The number of nitrogens with one attached hydrogen (secondary N) is 1. The van der Waals surface area contributed by atoms with E-state index in [-0.39, 0.29) is 0 Å². The Kier molecular flexibility index (Phi) is 2.30. The van der Waals surface area contributed by atoms with E-state index in [1.165, 1.54) is 6.42 Å². The SMILES string of the molecule is Cn1ccnc1[C@]1(O)CCC[C@H]2CNC[C@@H]21. The fraction of sp³-hybridized carbons (Fsp3) is 0.750. The third-order valence-electron chi connectivity index (χ3n) is 4.29. The highest BCUT2D eigenvalue weighted by atomic mass is 16.3. The van der Waals surface area contributed by atoms with Crippen molar-refractivity contribution >= 4 is 0 Å². The van der Waals surface area contributed by atoms with E-state index < -0.39 is 5.60 Å². The smallest absolute Gasteiger partial charge is 0.140 e. The summed E-state index contributed by atoms with van der Waals surface area (Å²) < 4.78 is 1.96. The summed E-state index contributed by atoms with van der Waals surface area (Å²) in [7, 11) is 1.96. The summed E-state index contributed by atoms with van der Waals surface area (Å²) in [5, 5.41) is 14.4. The maximum absolute atomic E-state index is 11.0. The zero-order valence-corrected chi connectivity index (χ0v) is 9.69. The van der Waals surface area contributed by atoms with Crippen molar-refractivity contribution in [2.45, 2.75) is 24.9 Å². The van der Waals surface area contributed by atoms with Gasteiger partial charge in [0.05, 0.1) is 0 Å². The van der Waals surface area contributed by atoms with Crippen LogP contribution in [0.5, 0.6) is 0 Å². The van der Waals surface area contributed by atoms with E-state index in [9.17, 15) is 5.11 Å². The summed E-state index contributed by atoms with van der Waals surface area (Å²) in [6.45, 7) is 1.98. The Hall–Kier alpha value is -0.870. The third kappa shape index (κ3) is 1.33. The Labute approximate surface area is 95.7 Å². The van der Waals surface area contributed by atoms with Crippen molar-refractivity contribution in [3.63, 3.8) is 0 Å². The van der Waals surface area contributed by atoms with Crippen LogP contribution in [0.1, 0.15) is 25.1 Å². The molecule has 4 nitrogen and oxygen atoms in total. The molecule has 1 aromatic heterocycles. The fourth-order valence-electron chi connectivity index (χ4n) is 3.47. The van der Waals surface area contributed by atoms with E-state index >= 15 is 0 Å². The highest BCUT2D eigenvalue weighted by molar-refractivity contribution is 5.12. The quantitative estimate of drug-likeness (QED) is 0.731. The van der Waals surface area contributed by atoms with Gasteiger partial charge in [0.2, 0.25) is 0 Å². The summed E-state index contributed by atoms with van der Waals surface area (Å²) in [4.78, 5) is 4.36. The van der Waals surface area contributed by atoms with Gasteiger partial charge in [-0.3, -0.25) is 0 Å². The minimum atomic E-state index is -0.718. The lowest BCUT2D eigenvalue weighted by Gasteiger charge is -2.40. The zero-order valence-electron chi connectivity index (χ0n) is 9.69. The summed E-state index contributed by atoms with van der Waals surface area (Å²) in [5.41, 5.74) is -0.718. The molecule has 0 spiro atoms. The standard InChI is InChI=1S/C12H19N3O/c1-15-6-5-14-11(15)12(16)4-2-3-9-7-13-8-10(9)12/h5-6,9-10,13,16H,2-4,7-8H2,1H3/t9-,10-,12-/m0/s1. The van der Waals surface area contributed by atoms with E-state index in [0.717, 1.165) is 31.8 Å². The molecule has 88 valence electrons. The van der Waals surface area contributed by atoms with Gasteiger partial charge in [-0.1, -0.05) is 0 Å². The Morgan fingerprint density at radius 3 is 3.19 bits per heavy atom. The van der Waals surface area contributed by atoms with Crippen molar-refractivity contribution < 1.29 is 5.11 Å². The van der Waals surface area contributed by atoms with Crippen LogP contribution in [0, 0.1) is 11.8 Å². The zero-order chi connectivity index (χ0) is 11.2. The number of hydrogen-bond donors (Lipinski definition) is 2. The molecule has 1 aliphatic carbocycles. The first-order chi connectivity index (χ1) is 7.72. The lowest BCUT2D eigenvalue weighted by Crippen LogP contribution is -2.44. The molecule has 0 bridgehead atoms. The number of aryl methyl sites for hydroxylation is 1. The molecule has 2 aliphatic rings. The molecule has 0 aromatic carbocycles. The van der Waals surface area contributed by atoms with Crippen molar-refractivity contribution in [3.05, 3.63) is 18.2 Å². The van der Waals surface area contributed by atoms with Gasteiger partial charge in [0.25, 0.3) is 0 Å². The number of fused-ring (bicyclic) bond motifs is 1. The molecule has 1 aromatic rings. The second-order valence-corrected chi connectivity index (χ2v) is 5.20. The maximum atomic E-state index is 11.0. The van der Waals surface area contributed by atoms with Gasteiger partial charge in [0, 0.05) is 31.9 Å².